The SMILES string of the molecule is CN(Cc1cnn(-c2ccc(F)cc2)c1)C(=O)CCCn1nnnc1CN1CCOCC1. The van der Waals surface area contributed by atoms with Crippen LogP contribution in [0, 0.1) is 5.82 Å². The highest BCUT2D eigenvalue weighted by Crippen LogP contribution is 2.12. The maximum Gasteiger partial charge on any atom is 0.222 e. The van der Waals surface area contributed by atoms with Crippen molar-refractivity contribution < 1.29 is 13.9 Å². The molecular formula is C21H27FN8O2. The number of morpholine rings is 1. The van der Waals surface area contributed by atoms with Gasteiger partial charge in [0.2, 0.25) is 5.91 Å². The van der Waals surface area contributed by atoms with Gasteiger partial charge in [0, 0.05) is 51.4 Å². The van der Waals surface area contributed by atoms with E-state index in [2.05, 4.69) is 25.5 Å². The zero-order valence-electron chi connectivity index (χ0n) is 18.1. The van der Waals surface area contributed by atoms with Crippen LogP contribution in [-0.2, 0) is 29.2 Å². The Kier molecular flexibility index (Phi) is 7.17. The maximum absolute atomic E-state index is 13.1. The summed E-state index contributed by atoms with van der Waals surface area (Å²) in [5.74, 6) is 0.560. The number of ether oxygens (including phenoxy) is 1. The molecule has 3 heterocycles. The van der Waals surface area contributed by atoms with Gasteiger partial charge in [-0.15, -0.1) is 5.10 Å². The van der Waals surface area contributed by atoms with Crippen LogP contribution in [0.2, 0.25) is 0 Å². The van der Waals surface area contributed by atoms with Gasteiger partial charge in [0.25, 0.3) is 0 Å². The number of halogens is 1. The van der Waals surface area contributed by atoms with Gasteiger partial charge in [0.1, 0.15) is 5.82 Å². The first kappa shape index (κ1) is 22.0. The second-order valence-corrected chi connectivity index (χ2v) is 7.83. The lowest BCUT2D eigenvalue weighted by molar-refractivity contribution is -0.130. The molecule has 1 amide bonds. The standard InChI is InChI=1S/C21H27FN8O2/c1-27(14-17-13-23-30(15-17)19-6-4-18(22)5-7-19)21(31)3-2-8-29-20(24-25-26-29)16-28-9-11-32-12-10-28/h4-7,13,15H,2-3,8-12,14,16H2,1H3. The summed E-state index contributed by atoms with van der Waals surface area (Å²) in [5, 5.41) is 16.3. The predicted octanol–water partition coefficient (Wildman–Crippen LogP) is 1.27. The fourth-order valence-electron chi connectivity index (χ4n) is 3.58. The Morgan fingerprint density at radius 1 is 1.22 bits per heavy atom. The van der Waals surface area contributed by atoms with Crippen molar-refractivity contribution in [2.75, 3.05) is 33.4 Å². The zero-order valence-corrected chi connectivity index (χ0v) is 18.1. The predicted molar refractivity (Wildman–Crippen MR) is 113 cm³/mol. The van der Waals surface area contributed by atoms with E-state index < -0.39 is 0 Å². The van der Waals surface area contributed by atoms with E-state index in [1.807, 2.05) is 6.20 Å². The summed E-state index contributed by atoms with van der Waals surface area (Å²) in [6, 6.07) is 6.10. The number of aromatic nitrogens is 6. The summed E-state index contributed by atoms with van der Waals surface area (Å²) in [5.41, 5.74) is 1.67. The first-order valence-electron chi connectivity index (χ1n) is 10.7. The number of amides is 1. The lowest BCUT2D eigenvalue weighted by Gasteiger charge is -2.25. The molecule has 0 atom stereocenters. The van der Waals surface area contributed by atoms with E-state index in [1.165, 1.54) is 12.1 Å². The fraction of sp³-hybridized carbons (Fsp3) is 0.476. The van der Waals surface area contributed by atoms with E-state index >= 15 is 0 Å². The highest BCUT2D eigenvalue weighted by Gasteiger charge is 2.16. The van der Waals surface area contributed by atoms with Crippen LogP contribution in [0.5, 0.6) is 0 Å². The quantitative estimate of drug-likeness (QED) is 0.493. The number of aryl methyl sites for hydroxylation is 1. The molecule has 0 saturated carbocycles. The molecule has 32 heavy (non-hydrogen) atoms. The second-order valence-electron chi connectivity index (χ2n) is 7.83. The molecule has 170 valence electrons. The van der Waals surface area contributed by atoms with Gasteiger partial charge < -0.3 is 9.64 Å². The van der Waals surface area contributed by atoms with Crippen molar-refractivity contribution in [1.82, 2.24) is 39.8 Å². The van der Waals surface area contributed by atoms with Gasteiger partial charge in [0.05, 0.1) is 31.6 Å². The summed E-state index contributed by atoms with van der Waals surface area (Å²) < 4.78 is 21.9. The van der Waals surface area contributed by atoms with E-state index in [0.717, 1.165) is 43.4 Å². The zero-order chi connectivity index (χ0) is 22.3. The number of hydrogen-bond acceptors (Lipinski definition) is 7. The van der Waals surface area contributed by atoms with Crippen molar-refractivity contribution in [3.05, 3.63) is 53.9 Å². The Hall–Kier alpha value is -3.18. The van der Waals surface area contributed by atoms with E-state index in [1.54, 1.807) is 39.6 Å². The monoisotopic (exact) mass is 442 g/mol. The Bertz CT molecular complexity index is 1010. The van der Waals surface area contributed by atoms with Crippen molar-refractivity contribution >= 4 is 5.91 Å². The third kappa shape index (κ3) is 5.74. The Balaban J connectivity index is 1.23. The van der Waals surface area contributed by atoms with Crippen LogP contribution in [0.3, 0.4) is 0 Å². The van der Waals surface area contributed by atoms with E-state index in [-0.39, 0.29) is 11.7 Å². The molecule has 0 radical (unpaired) electrons. The van der Waals surface area contributed by atoms with Crippen LogP contribution in [0.1, 0.15) is 24.2 Å². The summed E-state index contributed by atoms with van der Waals surface area (Å²) in [6.45, 7) is 4.92. The van der Waals surface area contributed by atoms with Crippen molar-refractivity contribution in [3.8, 4) is 5.69 Å². The normalized spacial score (nSPS) is 14.6. The van der Waals surface area contributed by atoms with Crippen molar-refractivity contribution in [1.29, 1.82) is 0 Å². The number of benzene rings is 1. The van der Waals surface area contributed by atoms with E-state index in [9.17, 15) is 9.18 Å². The minimum Gasteiger partial charge on any atom is -0.379 e. The molecule has 1 aliphatic rings. The van der Waals surface area contributed by atoms with E-state index in [4.69, 9.17) is 4.74 Å². The Labute approximate surface area is 185 Å². The lowest BCUT2D eigenvalue weighted by atomic mass is 10.2. The van der Waals surface area contributed by atoms with Crippen molar-refractivity contribution in [2.45, 2.75) is 32.5 Å². The number of hydrogen-bond donors (Lipinski definition) is 0. The van der Waals surface area contributed by atoms with Gasteiger partial charge in [-0.3, -0.25) is 9.69 Å². The van der Waals surface area contributed by atoms with Gasteiger partial charge in [-0.2, -0.15) is 5.10 Å². The first-order valence-corrected chi connectivity index (χ1v) is 10.7. The molecule has 1 fully saturated rings. The average Bonchev–Trinajstić information content (AvgIpc) is 3.44. The van der Waals surface area contributed by atoms with Crippen molar-refractivity contribution in [3.63, 3.8) is 0 Å². The van der Waals surface area contributed by atoms with Gasteiger partial charge in [-0.1, -0.05) is 0 Å². The third-order valence-corrected chi connectivity index (χ3v) is 5.41. The maximum atomic E-state index is 13.1. The van der Waals surface area contributed by atoms with Crippen LogP contribution in [0.15, 0.2) is 36.7 Å². The number of tetrazole rings is 1. The smallest absolute Gasteiger partial charge is 0.222 e. The van der Waals surface area contributed by atoms with Gasteiger partial charge in [0.15, 0.2) is 5.82 Å². The molecule has 2 aromatic heterocycles. The molecule has 0 N–H and O–H groups in total. The van der Waals surface area contributed by atoms with Crippen LogP contribution in [-0.4, -0.2) is 79.0 Å². The number of nitrogens with zero attached hydrogens (tertiary/aromatic N) is 8. The molecule has 1 saturated heterocycles. The average molecular weight is 442 g/mol. The third-order valence-electron chi connectivity index (χ3n) is 5.41. The highest BCUT2D eigenvalue weighted by molar-refractivity contribution is 5.75. The van der Waals surface area contributed by atoms with Crippen LogP contribution in [0.4, 0.5) is 4.39 Å². The topological polar surface area (TPSA) is 94.2 Å². The molecule has 1 aromatic carbocycles. The van der Waals surface area contributed by atoms with Crippen molar-refractivity contribution in [2.24, 2.45) is 0 Å². The first-order chi connectivity index (χ1) is 15.6. The molecule has 0 aliphatic carbocycles. The summed E-state index contributed by atoms with van der Waals surface area (Å²) >= 11 is 0. The minimum atomic E-state index is -0.290. The lowest BCUT2D eigenvalue weighted by Crippen LogP contribution is -2.36. The number of carbonyl (C=O) groups excluding carboxylic acids is 1. The second kappa shape index (κ2) is 10.4. The molecule has 4 rings (SSSR count). The summed E-state index contributed by atoms with van der Waals surface area (Å²) in [4.78, 5) is 16.5. The van der Waals surface area contributed by atoms with Gasteiger partial charge in [-0.25, -0.2) is 13.8 Å². The largest absolute Gasteiger partial charge is 0.379 e. The van der Waals surface area contributed by atoms with Crippen LogP contribution in [0.25, 0.3) is 5.69 Å². The molecule has 10 nitrogen and oxygen atoms in total. The Morgan fingerprint density at radius 2 is 2.00 bits per heavy atom. The molecule has 0 spiro atoms. The van der Waals surface area contributed by atoms with E-state index in [0.29, 0.717) is 32.5 Å². The molecule has 3 aromatic rings. The fourth-order valence-corrected chi connectivity index (χ4v) is 3.58. The number of carbonyl (C=O) groups is 1. The molecule has 0 unspecified atom stereocenters. The Morgan fingerprint density at radius 3 is 2.78 bits per heavy atom. The molecule has 11 heteroatoms. The van der Waals surface area contributed by atoms with Gasteiger partial charge >= 0.3 is 0 Å². The highest BCUT2D eigenvalue weighted by atomic mass is 19.1. The molecule has 0 bridgehead atoms. The van der Waals surface area contributed by atoms with Crippen LogP contribution < -0.4 is 0 Å². The number of rotatable bonds is 9. The van der Waals surface area contributed by atoms with Crippen LogP contribution >= 0.6 is 0 Å². The minimum absolute atomic E-state index is 0.0438. The summed E-state index contributed by atoms with van der Waals surface area (Å²) in [7, 11) is 1.78. The molecular weight excluding hydrogens is 415 g/mol. The summed E-state index contributed by atoms with van der Waals surface area (Å²) in [6.07, 6.45) is 4.61. The van der Waals surface area contributed by atoms with Gasteiger partial charge in [-0.05, 0) is 41.1 Å². The molecule has 1 aliphatic heterocycles.